The fraction of sp³-hybridized carbons (Fsp3) is 0.583. The van der Waals surface area contributed by atoms with Gasteiger partial charge in [0.25, 0.3) is 0 Å². The van der Waals surface area contributed by atoms with Gasteiger partial charge in [0.2, 0.25) is 0 Å². The van der Waals surface area contributed by atoms with Gasteiger partial charge in [0.15, 0.2) is 5.78 Å². The van der Waals surface area contributed by atoms with Gasteiger partial charge in [-0.25, -0.2) is 0 Å². The predicted octanol–water partition coefficient (Wildman–Crippen LogP) is 11.6. The molecule has 2 aromatic rings. The number of hydrogen-bond donors (Lipinski definition) is 2. The van der Waals surface area contributed by atoms with E-state index < -0.39 is 11.6 Å². The summed E-state index contributed by atoms with van der Waals surface area (Å²) < 4.78 is 39.6. The van der Waals surface area contributed by atoms with Crippen molar-refractivity contribution in [3.8, 4) is 10.4 Å². The van der Waals surface area contributed by atoms with Crippen molar-refractivity contribution in [2.75, 3.05) is 0 Å². The van der Waals surface area contributed by atoms with E-state index in [1.807, 2.05) is 53.3 Å². The van der Waals surface area contributed by atoms with E-state index in [-0.39, 0.29) is 61.5 Å². The minimum atomic E-state index is -4.23. The Morgan fingerprint density at radius 1 is 1.02 bits per heavy atom. The molecular formula is C36H52F3IrN3O2S-2. The molecule has 261 valence electrons. The molecule has 0 bridgehead atoms. The van der Waals surface area contributed by atoms with Gasteiger partial charge in [-0.2, -0.15) is 18.6 Å². The van der Waals surface area contributed by atoms with E-state index in [2.05, 4.69) is 36.4 Å². The number of carbonyl (C=O) groups is 1. The summed E-state index contributed by atoms with van der Waals surface area (Å²) in [6.45, 7) is 21.0. The maximum atomic E-state index is 13.2. The van der Waals surface area contributed by atoms with Gasteiger partial charge >= 0.3 is 6.18 Å². The summed E-state index contributed by atoms with van der Waals surface area (Å²) in [6, 6.07) is 7.38. The summed E-state index contributed by atoms with van der Waals surface area (Å²) >= 11 is 1.63. The van der Waals surface area contributed by atoms with Crippen molar-refractivity contribution in [2.24, 2.45) is 27.7 Å². The quantitative estimate of drug-likeness (QED) is 0.127. The Kier molecular flexibility index (Phi) is 16.4. The number of aliphatic hydroxyl groups is 1. The molecule has 2 heterocycles. The number of nitrogens with zero attached hydrogens (tertiary/aromatic N) is 2. The number of halogens is 3. The maximum Gasteiger partial charge on any atom is 0.394 e. The van der Waals surface area contributed by atoms with Crippen LogP contribution in [0, 0.1) is 36.1 Å². The van der Waals surface area contributed by atoms with E-state index in [1.54, 1.807) is 29.8 Å². The molecule has 0 amide bonds. The van der Waals surface area contributed by atoms with Gasteiger partial charge in [-0.15, -0.1) is 11.3 Å². The second-order valence-corrected chi connectivity index (χ2v) is 14.5. The number of allylic oxidation sites excluding steroid dienone is 2. The molecular weight excluding hydrogens is 788 g/mol. The van der Waals surface area contributed by atoms with E-state index in [0.717, 1.165) is 52.3 Å². The Balaban J connectivity index is 0.000000564. The maximum absolute atomic E-state index is 13.2. The van der Waals surface area contributed by atoms with E-state index in [1.165, 1.54) is 19.9 Å². The second kappa shape index (κ2) is 18.0. The van der Waals surface area contributed by atoms with Crippen LogP contribution in [-0.4, -0.2) is 23.4 Å². The number of hydrogen-bond acceptors (Lipinski definition) is 5. The zero-order chi connectivity index (χ0) is 34.2. The molecule has 0 aliphatic carbocycles. The van der Waals surface area contributed by atoms with Crippen LogP contribution in [0.4, 0.5) is 18.9 Å². The number of nitrogens with one attached hydrogen (secondary N) is 1. The molecule has 2 N–H and O–H groups in total. The average Bonchev–Trinajstić information content (AvgIpc) is 3.29. The molecule has 1 unspecified atom stereocenters. The van der Waals surface area contributed by atoms with Gasteiger partial charge in [-0.1, -0.05) is 92.9 Å². The van der Waals surface area contributed by atoms with E-state index in [0.29, 0.717) is 5.56 Å². The average molecular weight is 840 g/mol. The Morgan fingerprint density at radius 2 is 1.57 bits per heavy atom. The summed E-state index contributed by atoms with van der Waals surface area (Å²) in [4.78, 5) is 18.3. The molecule has 0 saturated carbocycles. The molecule has 5 nitrogen and oxygen atoms in total. The molecule has 1 aliphatic rings. The number of ketones is 1. The smallest absolute Gasteiger partial charge is 0.394 e. The minimum absolute atomic E-state index is 0. The SMILES string of the molecule is CCC(CC)C(=O)/C=C(\O)C(CC)CC.Cc1c(-c2ccc(CC(C)(C)C(F)(F)F)cc2)sc2c1N=C[N-]C2N[CH-]C(C)(C)C.[Ir]. The van der Waals surface area contributed by atoms with Crippen LogP contribution in [0.1, 0.15) is 110 Å². The van der Waals surface area contributed by atoms with Crippen LogP contribution in [0.15, 0.2) is 41.1 Å². The molecule has 10 heteroatoms. The molecule has 1 atom stereocenters. The third kappa shape index (κ3) is 11.6. The molecule has 1 aromatic carbocycles. The number of aliphatic hydroxyl groups excluding tert-OH is 1. The summed E-state index contributed by atoms with van der Waals surface area (Å²) in [7, 11) is 0. The number of alkyl halides is 3. The van der Waals surface area contributed by atoms with Gasteiger partial charge in [-0.3, -0.25) is 11.3 Å². The van der Waals surface area contributed by atoms with Crippen molar-refractivity contribution < 1.29 is 43.2 Å². The van der Waals surface area contributed by atoms with Crippen molar-refractivity contribution in [2.45, 2.75) is 114 Å². The normalized spacial score (nSPS) is 15.2. The number of aliphatic imine (C=N–C) groups is 1. The van der Waals surface area contributed by atoms with Gasteiger partial charge in [0.05, 0.1) is 11.2 Å². The van der Waals surface area contributed by atoms with Crippen LogP contribution in [0.5, 0.6) is 0 Å². The van der Waals surface area contributed by atoms with Crippen molar-refractivity contribution >= 4 is 29.1 Å². The van der Waals surface area contributed by atoms with Crippen molar-refractivity contribution in [3.63, 3.8) is 0 Å². The van der Waals surface area contributed by atoms with Crippen LogP contribution in [0.25, 0.3) is 15.8 Å². The zero-order valence-electron chi connectivity index (χ0n) is 28.9. The van der Waals surface area contributed by atoms with E-state index >= 15 is 0 Å². The number of carbonyl (C=O) groups excluding carboxylic acids is 1. The number of rotatable bonds is 12. The molecule has 0 spiro atoms. The topological polar surface area (TPSA) is 75.8 Å². The Morgan fingerprint density at radius 3 is 2.04 bits per heavy atom. The van der Waals surface area contributed by atoms with E-state index in [4.69, 9.17) is 0 Å². The molecule has 3 rings (SSSR count). The van der Waals surface area contributed by atoms with Crippen LogP contribution >= 0.6 is 11.3 Å². The van der Waals surface area contributed by atoms with Gasteiger partial charge in [-0.05, 0) is 61.4 Å². The Hall–Kier alpha value is -2.00. The second-order valence-electron chi connectivity index (χ2n) is 13.5. The summed E-state index contributed by atoms with van der Waals surface area (Å²) in [5.41, 5.74) is 1.89. The van der Waals surface area contributed by atoms with Crippen molar-refractivity contribution in [1.82, 2.24) is 5.32 Å². The van der Waals surface area contributed by atoms with Crippen LogP contribution < -0.4 is 5.32 Å². The van der Waals surface area contributed by atoms with Gasteiger partial charge < -0.3 is 20.7 Å². The molecule has 0 saturated heterocycles. The molecule has 0 fully saturated rings. The first-order valence-corrected chi connectivity index (χ1v) is 16.8. The fourth-order valence-corrected chi connectivity index (χ4v) is 6.25. The number of benzene rings is 1. The number of fused-ring (bicyclic) bond motifs is 1. The summed E-state index contributed by atoms with van der Waals surface area (Å²) in [6.07, 6.45) is 2.03. The summed E-state index contributed by atoms with van der Waals surface area (Å²) in [5.74, 6) is 0.547. The third-order valence-corrected chi connectivity index (χ3v) is 9.56. The first-order valence-electron chi connectivity index (χ1n) is 16.0. The molecule has 1 aliphatic heterocycles. The fourth-order valence-electron chi connectivity index (χ4n) is 4.99. The monoisotopic (exact) mass is 840 g/mol. The third-order valence-electron chi connectivity index (χ3n) is 8.18. The summed E-state index contributed by atoms with van der Waals surface area (Å²) in [5, 5.41) is 17.6. The van der Waals surface area contributed by atoms with Crippen molar-refractivity contribution in [1.29, 1.82) is 0 Å². The van der Waals surface area contributed by atoms with Crippen molar-refractivity contribution in [3.05, 3.63) is 64.0 Å². The molecule has 1 radical (unpaired) electrons. The Bertz CT molecular complexity index is 1300. The standard InChI is InChI=1S/C23H28F3N3S.C13H24O2.Ir/c1-14-17-19(20(29-13-28-17)27-12-21(2,3)4)30-18(14)16-9-7-15(8-10-16)11-22(5,6)23(24,25)26;1-5-10(6-2)12(14)9-13(15)11(7-3)8-4;/h7-10,12-13,20,27H,11H2,1-6H3;9-11,14H,5-8H2,1-4H3;/q-2;;/b;12-9-;. The largest absolute Gasteiger partial charge is 0.512 e. The molecule has 46 heavy (non-hydrogen) atoms. The molecule has 1 aromatic heterocycles. The number of thiophene rings is 1. The van der Waals surface area contributed by atoms with Crippen LogP contribution in [0.3, 0.4) is 0 Å². The van der Waals surface area contributed by atoms with Gasteiger partial charge in [0, 0.05) is 53.9 Å². The first kappa shape index (κ1) is 42.0. The van der Waals surface area contributed by atoms with Crippen LogP contribution in [0.2, 0.25) is 0 Å². The van der Waals surface area contributed by atoms with Gasteiger partial charge in [0.1, 0.15) is 0 Å². The minimum Gasteiger partial charge on any atom is -0.512 e. The first-order chi connectivity index (χ1) is 20.9. The Labute approximate surface area is 292 Å². The zero-order valence-corrected chi connectivity index (χ0v) is 32.1. The predicted molar refractivity (Wildman–Crippen MR) is 183 cm³/mol. The van der Waals surface area contributed by atoms with E-state index in [9.17, 15) is 23.1 Å². The van der Waals surface area contributed by atoms with Crippen LogP contribution in [-0.2, 0) is 31.3 Å².